The number of carbonyl (C=O) groups is 1. The van der Waals surface area contributed by atoms with Crippen LogP contribution in [0, 0.1) is 0 Å². The van der Waals surface area contributed by atoms with Crippen molar-refractivity contribution in [2.45, 2.75) is 84.7 Å². The fourth-order valence-corrected chi connectivity index (χ4v) is 3.39. The Bertz CT molecular complexity index is 707. The largest absolute Gasteiger partial charge is 0.494 e. The molecule has 2 aliphatic heterocycles. The zero-order valence-electron chi connectivity index (χ0n) is 17.7. The first-order chi connectivity index (χ1) is 12.4. The molecule has 0 N–H and O–H groups in total. The van der Waals surface area contributed by atoms with Crippen LogP contribution in [0.1, 0.15) is 66.0 Å². The van der Waals surface area contributed by atoms with Gasteiger partial charge in [0.05, 0.1) is 11.2 Å². The zero-order valence-corrected chi connectivity index (χ0v) is 17.7. The van der Waals surface area contributed by atoms with Gasteiger partial charge in [0.15, 0.2) is 0 Å². The van der Waals surface area contributed by atoms with Crippen LogP contribution in [0.5, 0.6) is 0 Å². The number of rotatable bonds is 1. The third kappa shape index (κ3) is 4.32. The summed E-state index contributed by atoms with van der Waals surface area (Å²) in [6, 6.07) is 6.36. The molecule has 1 aromatic carbocycles. The first-order valence-corrected chi connectivity index (χ1v) is 9.83. The minimum Gasteiger partial charge on any atom is -0.444 e. The Kier molecular flexibility index (Phi) is 5.11. The third-order valence-corrected chi connectivity index (χ3v) is 5.64. The van der Waals surface area contributed by atoms with Gasteiger partial charge in [-0.3, -0.25) is 0 Å². The Morgan fingerprint density at radius 3 is 2.33 bits per heavy atom. The normalized spacial score (nSPS) is 21.6. The topological polar surface area (TPSA) is 48.0 Å². The molecular formula is C21H32BNO4. The highest BCUT2D eigenvalue weighted by Gasteiger charge is 2.51. The number of ether oxygens (including phenoxy) is 1. The molecule has 0 bridgehead atoms. The minimum atomic E-state index is -0.489. The summed E-state index contributed by atoms with van der Waals surface area (Å²) in [6.07, 6.45) is 1.64. The van der Waals surface area contributed by atoms with Crippen molar-refractivity contribution in [1.29, 1.82) is 0 Å². The first-order valence-electron chi connectivity index (χ1n) is 9.83. The lowest BCUT2D eigenvalue weighted by molar-refractivity contribution is 0.00578. The minimum absolute atomic E-state index is 0.253. The molecule has 148 valence electrons. The molecule has 5 nitrogen and oxygen atoms in total. The quantitative estimate of drug-likeness (QED) is 0.705. The van der Waals surface area contributed by atoms with Crippen LogP contribution in [0.15, 0.2) is 18.2 Å². The van der Waals surface area contributed by atoms with E-state index in [4.69, 9.17) is 14.0 Å². The highest BCUT2D eigenvalue weighted by molar-refractivity contribution is 6.62. The number of fused-ring (bicyclic) bond motifs is 1. The summed E-state index contributed by atoms with van der Waals surface area (Å²) in [5.41, 5.74) is 2.20. The Morgan fingerprint density at radius 1 is 1.11 bits per heavy atom. The number of hydrogen-bond acceptors (Lipinski definition) is 4. The van der Waals surface area contributed by atoms with E-state index in [0.717, 1.165) is 23.9 Å². The van der Waals surface area contributed by atoms with Crippen LogP contribution in [0.2, 0.25) is 0 Å². The Balaban J connectivity index is 1.81. The van der Waals surface area contributed by atoms with Crippen molar-refractivity contribution >= 4 is 18.7 Å². The molecule has 2 aliphatic rings. The number of nitrogens with zero attached hydrogens (tertiary/aromatic N) is 1. The predicted octanol–water partition coefficient (Wildman–Crippen LogP) is 3.67. The van der Waals surface area contributed by atoms with Gasteiger partial charge < -0.3 is 18.9 Å². The molecule has 3 rings (SSSR count). The van der Waals surface area contributed by atoms with E-state index in [2.05, 4.69) is 45.9 Å². The van der Waals surface area contributed by atoms with Gasteiger partial charge in [0.25, 0.3) is 0 Å². The average Bonchev–Trinajstić information content (AvgIpc) is 2.68. The maximum absolute atomic E-state index is 12.5. The molecule has 0 unspecified atom stereocenters. The molecule has 0 saturated carbocycles. The SMILES string of the molecule is CC(C)(C)OC(=O)N1CCCc2ccc(B3OC(C)(C)C(C)(C)O3)cc2C1. The standard InChI is InChI=1S/C21H32BNO4/c1-19(2,3)25-18(24)23-12-8-9-15-10-11-17(13-16(15)14-23)22-26-20(4,5)21(6,7)27-22/h10-11,13H,8-9,12,14H2,1-7H3. The second kappa shape index (κ2) is 6.82. The molecule has 0 aliphatic carbocycles. The van der Waals surface area contributed by atoms with Crippen LogP contribution in [0.25, 0.3) is 0 Å². The molecule has 0 spiro atoms. The van der Waals surface area contributed by atoms with Gasteiger partial charge in [0.2, 0.25) is 0 Å². The maximum Gasteiger partial charge on any atom is 0.494 e. The van der Waals surface area contributed by atoms with Crippen LogP contribution in [0.3, 0.4) is 0 Å². The average molecular weight is 373 g/mol. The summed E-state index contributed by atoms with van der Waals surface area (Å²) in [6.45, 7) is 15.2. The molecule has 1 fully saturated rings. The summed E-state index contributed by atoms with van der Waals surface area (Å²) in [7, 11) is -0.390. The summed E-state index contributed by atoms with van der Waals surface area (Å²) in [5, 5.41) is 0. The summed E-state index contributed by atoms with van der Waals surface area (Å²) in [4.78, 5) is 14.3. The van der Waals surface area contributed by atoms with Gasteiger partial charge in [-0.15, -0.1) is 0 Å². The smallest absolute Gasteiger partial charge is 0.444 e. The van der Waals surface area contributed by atoms with Gasteiger partial charge in [0, 0.05) is 13.1 Å². The van der Waals surface area contributed by atoms with E-state index in [1.807, 2.05) is 20.8 Å². The highest BCUT2D eigenvalue weighted by Crippen LogP contribution is 2.36. The molecule has 27 heavy (non-hydrogen) atoms. The number of benzene rings is 1. The molecular weight excluding hydrogens is 341 g/mol. The fourth-order valence-electron chi connectivity index (χ4n) is 3.39. The van der Waals surface area contributed by atoms with Crippen LogP contribution in [-0.2, 0) is 27.0 Å². The van der Waals surface area contributed by atoms with Gasteiger partial charge >= 0.3 is 13.2 Å². The molecule has 2 heterocycles. The van der Waals surface area contributed by atoms with Gasteiger partial charge in [-0.2, -0.15) is 0 Å². The van der Waals surface area contributed by atoms with E-state index < -0.39 is 12.7 Å². The third-order valence-electron chi connectivity index (χ3n) is 5.64. The van der Waals surface area contributed by atoms with Crippen LogP contribution in [-0.4, -0.2) is 41.5 Å². The summed E-state index contributed by atoms with van der Waals surface area (Å²) in [5.74, 6) is 0. The molecule has 1 saturated heterocycles. The van der Waals surface area contributed by atoms with Crippen LogP contribution < -0.4 is 5.46 Å². The van der Waals surface area contributed by atoms with Crippen molar-refractivity contribution in [1.82, 2.24) is 4.90 Å². The van der Waals surface area contributed by atoms with Gasteiger partial charge in [-0.25, -0.2) is 4.79 Å². The molecule has 0 atom stereocenters. The number of hydrogen-bond donors (Lipinski definition) is 0. The van der Waals surface area contributed by atoms with Crippen molar-refractivity contribution in [2.75, 3.05) is 6.54 Å². The summed E-state index contributed by atoms with van der Waals surface area (Å²) < 4.78 is 17.9. The van der Waals surface area contributed by atoms with Crippen molar-refractivity contribution in [2.24, 2.45) is 0 Å². The van der Waals surface area contributed by atoms with Crippen molar-refractivity contribution in [3.05, 3.63) is 29.3 Å². The van der Waals surface area contributed by atoms with Gasteiger partial charge in [0.1, 0.15) is 5.60 Å². The zero-order chi connectivity index (χ0) is 20.0. The number of aryl methyl sites for hydroxylation is 1. The van der Waals surface area contributed by atoms with Crippen molar-refractivity contribution in [3.63, 3.8) is 0 Å². The van der Waals surface area contributed by atoms with E-state index in [1.54, 1.807) is 4.90 Å². The van der Waals surface area contributed by atoms with Gasteiger partial charge in [-0.1, -0.05) is 18.2 Å². The number of amides is 1. The second-order valence-corrected chi connectivity index (χ2v) is 9.62. The summed E-state index contributed by atoms with van der Waals surface area (Å²) >= 11 is 0. The van der Waals surface area contributed by atoms with Crippen molar-refractivity contribution < 1.29 is 18.8 Å². The number of carbonyl (C=O) groups excluding carboxylic acids is 1. The highest BCUT2D eigenvalue weighted by atomic mass is 16.7. The Labute approximate surface area is 163 Å². The van der Waals surface area contributed by atoms with E-state index >= 15 is 0 Å². The van der Waals surface area contributed by atoms with Crippen LogP contribution >= 0.6 is 0 Å². The molecule has 0 aromatic heterocycles. The molecule has 6 heteroatoms. The maximum atomic E-state index is 12.5. The predicted molar refractivity (Wildman–Crippen MR) is 107 cm³/mol. The second-order valence-electron chi connectivity index (χ2n) is 9.62. The fraction of sp³-hybridized carbons (Fsp3) is 0.667. The van der Waals surface area contributed by atoms with E-state index in [1.165, 1.54) is 5.56 Å². The lowest BCUT2D eigenvalue weighted by Gasteiger charge is -2.32. The molecule has 0 radical (unpaired) electrons. The Hall–Kier alpha value is -1.53. The lowest BCUT2D eigenvalue weighted by atomic mass is 9.77. The van der Waals surface area contributed by atoms with E-state index in [0.29, 0.717) is 13.1 Å². The van der Waals surface area contributed by atoms with Crippen LogP contribution in [0.4, 0.5) is 4.79 Å². The molecule has 1 aromatic rings. The lowest BCUT2D eigenvalue weighted by Crippen LogP contribution is -2.41. The van der Waals surface area contributed by atoms with Gasteiger partial charge in [-0.05, 0) is 77.9 Å². The Morgan fingerprint density at radius 2 is 1.74 bits per heavy atom. The van der Waals surface area contributed by atoms with E-state index in [9.17, 15) is 4.79 Å². The first kappa shape index (κ1) is 20.2. The van der Waals surface area contributed by atoms with E-state index in [-0.39, 0.29) is 17.3 Å². The monoisotopic (exact) mass is 373 g/mol. The van der Waals surface area contributed by atoms with Crippen molar-refractivity contribution in [3.8, 4) is 0 Å². The molecule has 1 amide bonds.